The average molecular weight is 395 g/mol. The van der Waals surface area contributed by atoms with Gasteiger partial charge in [-0.25, -0.2) is 4.68 Å². The highest BCUT2D eigenvalue weighted by Crippen LogP contribution is 2.34. The number of aliphatic hydroxyl groups is 1. The molecule has 1 aliphatic carbocycles. The van der Waals surface area contributed by atoms with Crippen LogP contribution in [0, 0.1) is 0 Å². The number of hydrogen-bond donors (Lipinski definition) is 2. The van der Waals surface area contributed by atoms with Crippen LogP contribution in [-0.4, -0.2) is 54.9 Å². The molecule has 3 heterocycles. The number of amides is 3. The first-order valence-electron chi connectivity index (χ1n) is 9.89. The van der Waals surface area contributed by atoms with E-state index in [1.54, 1.807) is 16.8 Å². The Bertz CT molecular complexity index is 1020. The predicted molar refractivity (Wildman–Crippen MR) is 100 cm³/mol. The fraction of sp³-hybridized carbons (Fsp3) is 0.450. The fourth-order valence-corrected chi connectivity index (χ4v) is 4.56. The predicted octanol–water partition coefficient (Wildman–Crippen LogP) is 0.657. The maximum Gasteiger partial charge on any atom is 0.255 e. The number of hydrogen-bond acceptors (Lipinski definition) is 6. The van der Waals surface area contributed by atoms with Crippen LogP contribution in [0.3, 0.4) is 0 Å². The van der Waals surface area contributed by atoms with E-state index in [1.165, 1.54) is 4.90 Å². The van der Waals surface area contributed by atoms with E-state index in [0.717, 1.165) is 36.2 Å². The summed E-state index contributed by atoms with van der Waals surface area (Å²) in [7, 11) is 0. The number of piperidine rings is 1. The first-order chi connectivity index (χ1) is 14.0. The number of rotatable bonds is 3. The molecule has 0 bridgehead atoms. The van der Waals surface area contributed by atoms with E-state index in [4.69, 9.17) is 0 Å². The van der Waals surface area contributed by atoms with Crippen LogP contribution in [0.25, 0.3) is 5.69 Å². The Morgan fingerprint density at radius 1 is 1.14 bits per heavy atom. The van der Waals surface area contributed by atoms with Gasteiger partial charge in [0.15, 0.2) is 0 Å². The minimum Gasteiger partial charge on any atom is -0.392 e. The summed E-state index contributed by atoms with van der Waals surface area (Å²) in [5.74, 6) is -0.900. The zero-order valence-corrected chi connectivity index (χ0v) is 15.7. The first kappa shape index (κ1) is 18.0. The quantitative estimate of drug-likeness (QED) is 0.737. The molecule has 150 valence electrons. The van der Waals surface area contributed by atoms with Crippen molar-refractivity contribution in [3.63, 3.8) is 0 Å². The molecule has 3 atom stereocenters. The van der Waals surface area contributed by atoms with E-state index in [0.29, 0.717) is 18.5 Å². The van der Waals surface area contributed by atoms with Gasteiger partial charge >= 0.3 is 0 Å². The van der Waals surface area contributed by atoms with Crippen molar-refractivity contribution in [3.8, 4) is 5.69 Å². The van der Waals surface area contributed by atoms with Gasteiger partial charge in [0.1, 0.15) is 6.04 Å². The van der Waals surface area contributed by atoms with Crippen LogP contribution in [0.2, 0.25) is 0 Å². The number of nitrogens with zero attached hydrogens (tertiary/aromatic N) is 4. The van der Waals surface area contributed by atoms with E-state index in [-0.39, 0.29) is 30.3 Å². The molecule has 2 fully saturated rings. The molecule has 1 saturated carbocycles. The van der Waals surface area contributed by atoms with Crippen molar-refractivity contribution in [1.29, 1.82) is 0 Å². The van der Waals surface area contributed by atoms with Crippen LogP contribution < -0.4 is 5.32 Å². The molecular formula is C20H21N5O4. The van der Waals surface area contributed by atoms with Gasteiger partial charge in [0.25, 0.3) is 5.91 Å². The Balaban J connectivity index is 1.38. The summed E-state index contributed by atoms with van der Waals surface area (Å²) in [5, 5.41) is 20.8. The van der Waals surface area contributed by atoms with Gasteiger partial charge in [-0.3, -0.25) is 19.7 Å². The lowest BCUT2D eigenvalue weighted by atomic mass is 10.0. The van der Waals surface area contributed by atoms with Gasteiger partial charge in [-0.05, 0) is 43.0 Å². The van der Waals surface area contributed by atoms with Crippen molar-refractivity contribution < 1.29 is 19.5 Å². The molecule has 0 radical (unpaired) electrons. The summed E-state index contributed by atoms with van der Waals surface area (Å²) >= 11 is 0. The maximum atomic E-state index is 12.8. The molecule has 3 aliphatic rings. The molecule has 2 aromatic rings. The maximum absolute atomic E-state index is 12.8. The van der Waals surface area contributed by atoms with Gasteiger partial charge in [0.2, 0.25) is 11.8 Å². The monoisotopic (exact) mass is 395 g/mol. The van der Waals surface area contributed by atoms with Crippen LogP contribution in [0.4, 0.5) is 0 Å². The summed E-state index contributed by atoms with van der Waals surface area (Å²) in [6.07, 6.45) is 4.70. The van der Waals surface area contributed by atoms with Gasteiger partial charge in [-0.1, -0.05) is 11.6 Å². The van der Waals surface area contributed by atoms with E-state index < -0.39 is 11.9 Å². The summed E-state index contributed by atoms with van der Waals surface area (Å²) in [4.78, 5) is 37.9. The van der Waals surface area contributed by atoms with Crippen molar-refractivity contribution >= 4 is 17.7 Å². The summed E-state index contributed by atoms with van der Waals surface area (Å²) < 4.78 is 1.65. The van der Waals surface area contributed by atoms with Crippen molar-refractivity contribution in [2.24, 2.45) is 0 Å². The molecule has 0 spiro atoms. The molecular weight excluding hydrogens is 374 g/mol. The third-order valence-corrected chi connectivity index (χ3v) is 6.14. The lowest BCUT2D eigenvalue weighted by Crippen LogP contribution is -2.52. The van der Waals surface area contributed by atoms with Crippen molar-refractivity contribution in [2.45, 2.75) is 56.7 Å². The van der Waals surface area contributed by atoms with Crippen LogP contribution in [-0.2, 0) is 16.1 Å². The van der Waals surface area contributed by atoms with E-state index >= 15 is 0 Å². The van der Waals surface area contributed by atoms with Crippen molar-refractivity contribution in [1.82, 2.24) is 25.2 Å². The van der Waals surface area contributed by atoms with Crippen LogP contribution in [0.15, 0.2) is 24.4 Å². The standard InChI is InChI=1S/C20H21N5O4/c26-17-3-1-2-14(17)15-10-25(23-22-15)12-4-5-13-11(8-12)9-24(20(13)29)16-6-7-18(27)21-19(16)28/h4-5,8,10,14,16-17,26H,1-3,6-7,9H2,(H,21,27,28)/t14-,16?,17-/m1/s1. The number of carbonyl (C=O) groups excluding carboxylic acids is 3. The highest BCUT2D eigenvalue weighted by Gasteiger charge is 2.39. The Kier molecular flexibility index (Phi) is 4.20. The zero-order valence-electron chi connectivity index (χ0n) is 15.7. The largest absolute Gasteiger partial charge is 0.392 e. The van der Waals surface area contributed by atoms with Crippen molar-refractivity contribution in [3.05, 3.63) is 41.2 Å². The minimum atomic E-state index is -0.627. The average Bonchev–Trinajstić information content (AvgIpc) is 3.41. The van der Waals surface area contributed by atoms with Gasteiger partial charge in [0.05, 0.1) is 23.7 Å². The van der Waals surface area contributed by atoms with E-state index in [9.17, 15) is 19.5 Å². The number of benzene rings is 1. The molecule has 2 N–H and O–H groups in total. The number of nitrogens with one attached hydrogen (secondary N) is 1. The van der Waals surface area contributed by atoms with E-state index in [2.05, 4.69) is 15.6 Å². The molecule has 29 heavy (non-hydrogen) atoms. The van der Waals surface area contributed by atoms with Crippen LogP contribution in [0.5, 0.6) is 0 Å². The third kappa shape index (κ3) is 3.02. The van der Waals surface area contributed by atoms with Gasteiger partial charge in [-0.15, -0.1) is 5.10 Å². The second kappa shape index (κ2) is 6.77. The molecule has 1 saturated heterocycles. The normalized spacial score (nSPS) is 26.7. The lowest BCUT2D eigenvalue weighted by molar-refractivity contribution is -0.136. The molecule has 1 aromatic heterocycles. The highest BCUT2D eigenvalue weighted by atomic mass is 16.3. The first-order valence-corrected chi connectivity index (χ1v) is 9.89. The van der Waals surface area contributed by atoms with Gasteiger partial charge in [0, 0.05) is 24.4 Å². The summed E-state index contributed by atoms with van der Waals surface area (Å²) in [6, 6.07) is 4.79. The molecule has 1 unspecified atom stereocenters. The van der Waals surface area contributed by atoms with Gasteiger partial charge in [-0.2, -0.15) is 0 Å². The number of aromatic nitrogens is 3. The highest BCUT2D eigenvalue weighted by molar-refractivity contribution is 6.05. The Hall–Kier alpha value is -3.07. The second-order valence-corrected chi connectivity index (χ2v) is 7.93. The number of fused-ring (bicyclic) bond motifs is 1. The Morgan fingerprint density at radius 3 is 2.76 bits per heavy atom. The molecule has 5 rings (SSSR count). The minimum absolute atomic E-state index is 0.0165. The molecule has 2 aliphatic heterocycles. The zero-order chi connectivity index (χ0) is 20.1. The molecule has 3 amide bonds. The number of aliphatic hydroxyl groups excluding tert-OH is 1. The Morgan fingerprint density at radius 2 is 2.00 bits per heavy atom. The van der Waals surface area contributed by atoms with Crippen molar-refractivity contribution in [2.75, 3.05) is 0 Å². The summed E-state index contributed by atoms with van der Waals surface area (Å²) in [6.45, 7) is 0.317. The van der Waals surface area contributed by atoms with Crippen LogP contribution >= 0.6 is 0 Å². The summed E-state index contributed by atoms with van der Waals surface area (Å²) in [5.41, 5.74) is 2.92. The number of imide groups is 1. The second-order valence-electron chi connectivity index (χ2n) is 7.93. The van der Waals surface area contributed by atoms with Crippen LogP contribution in [0.1, 0.15) is 59.6 Å². The SMILES string of the molecule is O=C1CCC(N2Cc3cc(-n4cc([C@H]5CCC[C@H]5O)nn4)ccc3C2=O)C(=O)N1. The Labute approximate surface area is 166 Å². The molecule has 9 heteroatoms. The molecule has 1 aromatic carbocycles. The topological polar surface area (TPSA) is 117 Å². The number of carbonyl (C=O) groups is 3. The molecule has 9 nitrogen and oxygen atoms in total. The third-order valence-electron chi connectivity index (χ3n) is 6.14. The van der Waals surface area contributed by atoms with Gasteiger partial charge < -0.3 is 10.0 Å². The fourth-order valence-electron chi connectivity index (χ4n) is 4.56. The smallest absolute Gasteiger partial charge is 0.255 e. The van der Waals surface area contributed by atoms with E-state index in [1.807, 2.05) is 12.3 Å². The lowest BCUT2D eigenvalue weighted by Gasteiger charge is -2.29.